The minimum absolute atomic E-state index is 0.0138. The standard InChI is InChI=1S/C18H13N3O5S/c19-18(22)12-7-8-13(15(9-12)21(23)24)10-20-14-5-1-3-11-4-2-6-16(17(11)14)27(20,25)26/h1-9H,10H2,(H2,19,22). The minimum atomic E-state index is -3.85. The fourth-order valence-electron chi connectivity index (χ4n) is 3.30. The molecule has 1 aliphatic rings. The van der Waals surface area contributed by atoms with Gasteiger partial charge >= 0.3 is 0 Å². The molecule has 0 unspecified atom stereocenters. The molecule has 4 rings (SSSR count). The molecule has 27 heavy (non-hydrogen) atoms. The minimum Gasteiger partial charge on any atom is -0.366 e. The van der Waals surface area contributed by atoms with Gasteiger partial charge in [0, 0.05) is 17.0 Å². The number of nitrogens with zero attached hydrogens (tertiary/aromatic N) is 2. The lowest BCUT2D eigenvalue weighted by Crippen LogP contribution is -2.27. The van der Waals surface area contributed by atoms with Crippen LogP contribution in [0.4, 0.5) is 11.4 Å². The van der Waals surface area contributed by atoms with Gasteiger partial charge in [-0.15, -0.1) is 0 Å². The van der Waals surface area contributed by atoms with Gasteiger partial charge in [0.25, 0.3) is 15.7 Å². The van der Waals surface area contributed by atoms with E-state index >= 15 is 0 Å². The number of primary amides is 1. The summed E-state index contributed by atoms with van der Waals surface area (Å²) in [4.78, 5) is 22.2. The van der Waals surface area contributed by atoms with E-state index in [0.717, 1.165) is 15.8 Å². The lowest BCUT2D eigenvalue weighted by Gasteiger charge is -2.19. The number of amides is 1. The van der Waals surface area contributed by atoms with Crippen LogP contribution in [0.15, 0.2) is 59.5 Å². The number of nitro groups is 1. The Labute approximate surface area is 154 Å². The Morgan fingerprint density at radius 3 is 2.48 bits per heavy atom. The van der Waals surface area contributed by atoms with Crippen molar-refractivity contribution in [1.29, 1.82) is 0 Å². The maximum Gasteiger partial charge on any atom is 0.275 e. The van der Waals surface area contributed by atoms with E-state index in [1.165, 1.54) is 18.2 Å². The molecule has 136 valence electrons. The Morgan fingerprint density at radius 2 is 1.81 bits per heavy atom. The summed E-state index contributed by atoms with van der Waals surface area (Å²) in [5.41, 5.74) is 5.44. The molecule has 0 bridgehead atoms. The summed E-state index contributed by atoms with van der Waals surface area (Å²) >= 11 is 0. The fraction of sp³-hybridized carbons (Fsp3) is 0.0556. The highest BCUT2D eigenvalue weighted by atomic mass is 32.2. The van der Waals surface area contributed by atoms with Gasteiger partial charge in [0.1, 0.15) is 0 Å². The summed E-state index contributed by atoms with van der Waals surface area (Å²) in [5.74, 6) is -0.796. The van der Waals surface area contributed by atoms with Gasteiger partial charge in [0.15, 0.2) is 0 Å². The molecule has 0 atom stereocenters. The maximum absolute atomic E-state index is 13.0. The first-order chi connectivity index (χ1) is 12.8. The second-order valence-electron chi connectivity index (χ2n) is 6.11. The van der Waals surface area contributed by atoms with Crippen molar-refractivity contribution in [2.75, 3.05) is 4.31 Å². The number of nitrogens with two attached hydrogens (primary N) is 1. The maximum atomic E-state index is 13.0. The van der Waals surface area contributed by atoms with Gasteiger partial charge in [-0.05, 0) is 29.7 Å². The summed E-state index contributed by atoms with van der Waals surface area (Å²) in [6, 6.07) is 14.0. The number of sulfonamides is 1. The van der Waals surface area contributed by atoms with Gasteiger partial charge in [0.2, 0.25) is 5.91 Å². The molecule has 8 nitrogen and oxygen atoms in total. The van der Waals surface area contributed by atoms with E-state index in [1.54, 1.807) is 18.2 Å². The quantitative estimate of drug-likeness (QED) is 0.548. The van der Waals surface area contributed by atoms with Crippen molar-refractivity contribution >= 4 is 38.1 Å². The molecule has 2 N–H and O–H groups in total. The second-order valence-corrected chi connectivity index (χ2v) is 7.94. The normalized spacial score (nSPS) is 14.4. The Morgan fingerprint density at radius 1 is 1.11 bits per heavy atom. The number of hydrogen-bond donors (Lipinski definition) is 1. The van der Waals surface area contributed by atoms with Crippen molar-refractivity contribution in [2.45, 2.75) is 11.4 Å². The Kier molecular flexibility index (Phi) is 3.63. The highest BCUT2D eigenvalue weighted by Crippen LogP contribution is 2.43. The summed E-state index contributed by atoms with van der Waals surface area (Å²) in [5, 5.41) is 12.8. The van der Waals surface area contributed by atoms with Gasteiger partial charge in [-0.25, -0.2) is 8.42 Å². The molecule has 1 amide bonds. The predicted octanol–water partition coefficient (Wildman–Crippen LogP) is 2.56. The van der Waals surface area contributed by atoms with Gasteiger partial charge in [0.05, 0.1) is 27.6 Å². The summed E-state index contributed by atoms with van der Waals surface area (Å²) in [7, 11) is -3.85. The molecule has 0 saturated heterocycles. The van der Waals surface area contributed by atoms with Crippen molar-refractivity contribution in [3.63, 3.8) is 0 Å². The van der Waals surface area contributed by atoms with Crippen LogP contribution in [0.1, 0.15) is 15.9 Å². The Hall–Kier alpha value is -3.46. The molecule has 0 radical (unpaired) electrons. The molecular weight excluding hydrogens is 370 g/mol. The van der Waals surface area contributed by atoms with E-state index in [1.807, 2.05) is 12.1 Å². The second kappa shape index (κ2) is 5.78. The monoisotopic (exact) mass is 383 g/mol. The average molecular weight is 383 g/mol. The fourth-order valence-corrected chi connectivity index (χ4v) is 4.99. The van der Waals surface area contributed by atoms with Crippen LogP contribution in [0.2, 0.25) is 0 Å². The highest BCUT2D eigenvalue weighted by molar-refractivity contribution is 7.93. The average Bonchev–Trinajstić information content (AvgIpc) is 2.85. The van der Waals surface area contributed by atoms with Gasteiger partial charge in [-0.1, -0.05) is 24.3 Å². The number of rotatable bonds is 4. The molecule has 0 saturated carbocycles. The van der Waals surface area contributed by atoms with Crippen LogP contribution in [0.25, 0.3) is 10.8 Å². The third-order valence-electron chi connectivity index (χ3n) is 4.56. The van der Waals surface area contributed by atoms with Crippen molar-refractivity contribution in [3.05, 3.63) is 75.8 Å². The van der Waals surface area contributed by atoms with Crippen LogP contribution in [-0.4, -0.2) is 19.2 Å². The van der Waals surface area contributed by atoms with Crippen LogP contribution in [0.3, 0.4) is 0 Å². The van der Waals surface area contributed by atoms with Crippen molar-refractivity contribution in [2.24, 2.45) is 5.73 Å². The zero-order chi connectivity index (χ0) is 19.3. The molecule has 0 aromatic heterocycles. The van der Waals surface area contributed by atoms with E-state index in [0.29, 0.717) is 11.1 Å². The van der Waals surface area contributed by atoms with Crippen molar-refractivity contribution in [3.8, 4) is 0 Å². The summed E-state index contributed by atoms with van der Waals surface area (Å²) in [6.07, 6.45) is 0. The van der Waals surface area contributed by atoms with Crippen LogP contribution in [-0.2, 0) is 16.6 Å². The topological polar surface area (TPSA) is 124 Å². The number of nitro benzene ring substituents is 1. The van der Waals surface area contributed by atoms with E-state index in [4.69, 9.17) is 5.73 Å². The number of hydrogen-bond acceptors (Lipinski definition) is 5. The van der Waals surface area contributed by atoms with Crippen LogP contribution in [0, 0.1) is 10.1 Å². The third-order valence-corrected chi connectivity index (χ3v) is 6.36. The zero-order valence-electron chi connectivity index (χ0n) is 13.8. The van der Waals surface area contributed by atoms with E-state index in [-0.39, 0.29) is 28.3 Å². The Bertz CT molecular complexity index is 1230. The molecule has 9 heteroatoms. The third kappa shape index (κ3) is 2.51. The number of anilines is 1. The molecule has 0 spiro atoms. The molecule has 3 aromatic carbocycles. The zero-order valence-corrected chi connectivity index (χ0v) is 14.6. The van der Waals surface area contributed by atoms with Gasteiger partial charge in [-0.3, -0.25) is 19.2 Å². The van der Waals surface area contributed by atoms with Gasteiger partial charge < -0.3 is 5.73 Å². The molecule has 0 fully saturated rings. The van der Waals surface area contributed by atoms with Gasteiger partial charge in [-0.2, -0.15) is 0 Å². The van der Waals surface area contributed by atoms with Crippen LogP contribution < -0.4 is 10.0 Å². The molecule has 3 aromatic rings. The van der Waals surface area contributed by atoms with Crippen LogP contribution >= 0.6 is 0 Å². The first-order valence-electron chi connectivity index (χ1n) is 7.92. The first-order valence-corrected chi connectivity index (χ1v) is 9.36. The van der Waals surface area contributed by atoms with Crippen molar-refractivity contribution in [1.82, 2.24) is 0 Å². The lowest BCUT2D eigenvalue weighted by molar-refractivity contribution is -0.385. The largest absolute Gasteiger partial charge is 0.366 e. The predicted molar refractivity (Wildman–Crippen MR) is 98.9 cm³/mol. The summed E-state index contributed by atoms with van der Waals surface area (Å²) in [6.45, 7) is -0.231. The summed E-state index contributed by atoms with van der Waals surface area (Å²) < 4.78 is 27.2. The highest BCUT2D eigenvalue weighted by Gasteiger charge is 2.36. The van der Waals surface area contributed by atoms with Crippen molar-refractivity contribution < 1.29 is 18.1 Å². The molecule has 1 aliphatic heterocycles. The van der Waals surface area contributed by atoms with E-state index in [9.17, 15) is 23.3 Å². The number of carbonyl (C=O) groups excluding carboxylic acids is 1. The molecular formula is C18H13N3O5S. The van der Waals surface area contributed by atoms with E-state index < -0.39 is 20.9 Å². The van der Waals surface area contributed by atoms with Crippen LogP contribution in [0.5, 0.6) is 0 Å². The van der Waals surface area contributed by atoms with E-state index in [2.05, 4.69) is 0 Å². The first kappa shape index (κ1) is 17.0. The molecule has 0 aliphatic carbocycles. The lowest BCUT2D eigenvalue weighted by atomic mass is 10.1. The smallest absolute Gasteiger partial charge is 0.275 e. The molecule has 1 heterocycles. The number of benzene rings is 3. The number of carbonyl (C=O) groups is 1. The Balaban J connectivity index is 1.86. The SMILES string of the molecule is NC(=O)c1ccc(CN2c3cccc4cccc(c34)S2(=O)=O)c([N+](=O)[O-])c1.